The molecule has 0 saturated carbocycles. The van der Waals surface area contributed by atoms with E-state index in [2.05, 4.69) is 11.6 Å². The van der Waals surface area contributed by atoms with Crippen LogP contribution in [0.2, 0.25) is 0 Å². The molecule has 0 aliphatic carbocycles. The Labute approximate surface area is 66.8 Å². The lowest BCUT2D eigenvalue weighted by Crippen LogP contribution is -2.09. The van der Waals surface area contributed by atoms with Crippen molar-refractivity contribution in [3.05, 3.63) is 12.2 Å². The van der Waals surface area contributed by atoms with E-state index in [-0.39, 0.29) is 11.3 Å². The predicted octanol–water partition coefficient (Wildman–Crippen LogP) is 1.89. The number of rotatable bonds is 3. The quantitative estimate of drug-likeness (QED) is 0.291. The fraction of sp³-hybridized carbons (Fsp3) is 0.571. The van der Waals surface area contributed by atoms with Crippen molar-refractivity contribution in [2.45, 2.75) is 26.3 Å². The summed E-state index contributed by atoms with van der Waals surface area (Å²) in [6, 6.07) is 0.0440. The highest BCUT2D eigenvalue weighted by molar-refractivity contribution is 6.64. The molecular formula is C7H13ClN2. The third-order valence-electron chi connectivity index (χ3n) is 1.36. The molecule has 0 aromatic heterocycles. The molecule has 0 saturated heterocycles. The van der Waals surface area contributed by atoms with E-state index in [0.29, 0.717) is 0 Å². The Hall–Kier alpha value is -0.500. The van der Waals surface area contributed by atoms with Crippen LogP contribution in [-0.4, -0.2) is 11.3 Å². The summed E-state index contributed by atoms with van der Waals surface area (Å²) in [5.41, 5.74) is 6.21. The second-order valence-corrected chi connectivity index (χ2v) is 2.53. The molecule has 2 N–H and O–H groups in total. The van der Waals surface area contributed by atoms with Gasteiger partial charge in [-0.3, -0.25) is 4.99 Å². The lowest BCUT2D eigenvalue weighted by Gasteiger charge is -2.06. The van der Waals surface area contributed by atoms with Crippen LogP contribution in [0.15, 0.2) is 17.1 Å². The van der Waals surface area contributed by atoms with Crippen LogP contribution in [-0.2, 0) is 0 Å². The summed E-state index contributed by atoms with van der Waals surface area (Å²) < 4.78 is 0. The molecule has 0 aromatic carbocycles. The van der Waals surface area contributed by atoms with Gasteiger partial charge in [-0.1, -0.05) is 19.1 Å². The van der Waals surface area contributed by atoms with Gasteiger partial charge in [0.15, 0.2) is 5.29 Å². The molecular weight excluding hydrogens is 148 g/mol. The highest BCUT2D eigenvalue weighted by atomic mass is 35.5. The van der Waals surface area contributed by atoms with Gasteiger partial charge in [-0.15, -0.1) is 0 Å². The predicted molar refractivity (Wildman–Crippen MR) is 46.4 cm³/mol. The second-order valence-electron chi connectivity index (χ2n) is 2.14. The van der Waals surface area contributed by atoms with Crippen LogP contribution in [0, 0.1) is 0 Å². The first-order chi connectivity index (χ1) is 4.57. The minimum absolute atomic E-state index is 0.0440. The number of halogens is 1. The SMILES string of the molecule is C=C(CC)[C@@H](C)N=C(N)Cl. The third-order valence-corrected chi connectivity index (χ3v) is 1.46. The maximum atomic E-state index is 5.36. The van der Waals surface area contributed by atoms with E-state index in [9.17, 15) is 0 Å². The number of nitrogens with two attached hydrogens (primary N) is 1. The smallest absolute Gasteiger partial charge is 0.189 e. The molecule has 0 fully saturated rings. The summed E-state index contributed by atoms with van der Waals surface area (Å²) >= 11 is 5.36. The summed E-state index contributed by atoms with van der Waals surface area (Å²) in [6.45, 7) is 7.75. The lowest BCUT2D eigenvalue weighted by atomic mass is 10.1. The Morgan fingerprint density at radius 1 is 1.80 bits per heavy atom. The van der Waals surface area contributed by atoms with E-state index in [1.807, 2.05) is 13.8 Å². The van der Waals surface area contributed by atoms with Gasteiger partial charge in [-0.25, -0.2) is 0 Å². The zero-order valence-electron chi connectivity index (χ0n) is 6.39. The summed E-state index contributed by atoms with van der Waals surface area (Å²) in [6.07, 6.45) is 0.912. The van der Waals surface area contributed by atoms with E-state index in [1.165, 1.54) is 0 Å². The molecule has 0 aromatic rings. The van der Waals surface area contributed by atoms with Crippen LogP contribution in [0.25, 0.3) is 0 Å². The maximum Gasteiger partial charge on any atom is 0.189 e. The largest absolute Gasteiger partial charge is 0.374 e. The summed E-state index contributed by atoms with van der Waals surface area (Å²) in [7, 11) is 0. The van der Waals surface area contributed by atoms with Crippen LogP contribution in [0.3, 0.4) is 0 Å². The lowest BCUT2D eigenvalue weighted by molar-refractivity contribution is 0.821. The van der Waals surface area contributed by atoms with Crippen molar-refractivity contribution in [3.63, 3.8) is 0 Å². The second kappa shape index (κ2) is 4.34. The van der Waals surface area contributed by atoms with Crippen LogP contribution in [0.4, 0.5) is 0 Å². The van der Waals surface area contributed by atoms with Gasteiger partial charge in [0.25, 0.3) is 0 Å². The molecule has 0 bridgehead atoms. The van der Waals surface area contributed by atoms with Crippen molar-refractivity contribution in [2.75, 3.05) is 0 Å². The summed E-state index contributed by atoms with van der Waals surface area (Å²) in [5, 5.41) is 0.0992. The van der Waals surface area contributed by atoms with Gasteiger partial charge in [0.1, 0.15) is 0 Å². The molecule has 2 nitrogen and oxygen atoms in total. The van der Waals surface area contributed by atoms with Crippen molar-refractivity contribution in [2.24, 2.45) is 10.7 Å². The van der Waals surface area contributed by atoms with Crippen LogP contribution >= 0.6 is 11.6 Å². The Morgan fingerprint density at radius 2 is 2.30 bits per heavy atom. The molecule has 1 atom stereocenters. The molecule has 0 rings (SSSR count). The van der Waals surface area contributed by atoms with Gasteiger partial charge >= 0.3 is 0 Å². The molecule has 0 unspecified atom stereocenters. The molecule has 0 spiro atoms. The number of aliphatic imine (C=N–C) groups is 1. The topological polar surface area (TPSA) is 38.4 Å². The monoisotopic (exact) mass is 160 g/mol. The number of nitrogens with zero attached hydrogens (tertiary/aromatic N) is 1. The zero-order valence-corrected chi connectivity index (χ0v) is 7.15. The Morgan fingerprint density at radius 3 is 2.60 bits per heavy atom. The minimum Gasteiger partial charge on any atom is -0.374 e. The van der Waals surface area contributed by atoms with Gasteiger partial charge in [0, 0.05) is 0 Å². The van der Waals surface area contributed by atoms with Gasteiger partial charge in [0.2, 0.25) is 0 Å². The van der Waals surface area contributed by atoms with E-state index < -0.39 is 0 Å². The first-order valence-electron chi connectivity index (χ1n) is 3.24. The normalized spacial score (nSPS) is 14.9. The van der Waals surface area contributed by atoms with Crippen molar-refractivity contribution in [3.8, 4) is 0 Å². The fourth-order valence-corrected chi connectivity index (χ4v) is 0.718. The van der Waals surface area contributed by atoms with Crippen molar-refractivity contribution in [1.29, 1.82) is 0 Å². The van der Waals surface area contributed by atoms with Gasteiger partial charge in [-0.2, -0.15) is 0 Å². The van der Waals surface area contributed by atoms with Crippen LogP contribution < -0.4 is 5.73 Å². The Kier molecular flexibility index (Phi) is 4.12. The third kappa shape index (κ3) is 3.51. The van der Waals surface area contributed by atoms with E-state index in [1.54, 1.807) is 0 Å². The highest BCUT2D eigenvalue weighted by Gasteiger charge is 2.01. The molecule has 0 aliphatic rings. The Bertz CT molecular complexity index is 148. The number of amidine groups is 1. The first-order valence-corrected chi connectivity index (χ1v) is 3.62. The highest BCUT2D eigenvalue weighted by Crippen LogP contribution is 2.07. The molecule has 3 heteroatoms. The van der Waals surface area contributed by atoms with Gasteiger partial charge in [-0.05, 0) is 24.9 Å². The molecule has 0 heterocycles. The average Bonchev–Trinajstić information content (AvgIpc) is 1.85. The minimum atomic E-state index is 0.0440. The molecule has 58 valence electrons. The van der Waals surface area contributed by atoms with Gasteiger partial charge in [0.05, 0.1) is 6.04 Å². The molecule has 0 amide bonds. The fourth-order valence-electron chi connectivity index (χ4n) is 0.572. The summed E-state index contributed by atoms with van der Waals surface area (Å²) in [5.74, 6) is 0. The number of hydrogen-bond acceptors (Lipinski definition) is 1. The van der Waals surface area contributed by atoms with E-state index in [0.717, 1.165) is 12.0 Å². The van der Waals surface area contributed by atoms with Gasteiger partial charge < -0.3 is 5.73 Å². The standard InChI is InChI=1S/C7H13ClN2/c1-4-5(2)6(3)10-7(8)9/h6H,2,4H2,1,3H3,(H2,9,10)/t6-/m1/s1. The molecule has 0 aliphatic heterocycles. The number of hydrogen-bond donors (Lipinski definition) is 1. The van der Waals surface area contributed by atoms with Crippen LogP contribution in [0.1, 0.15) is 20.3 Å². The first kappa shape index (κ1) is 9.50. The zero-order chi connectivity index (χ0) is 8.15. The molecule has 10 heavy (non-hydrogen) atoms. The van der Waals surface area contributed by atoms with Crippen LogP contribution in [0.5, 0.6) is 0 Å². The van der Waals surface area contributed by atoms with E-state index >= 15 is 0 Å². The van der Waals surface area contributed by atoms with Crippen molar-refractivity contribution in [1.82, 2.24) is 0 Å². The van der Waals surface area contributed by atoms with Crippen molar-refractivity contribution >= 4 is 16.9 Å². The van der Waals surface area contributed by atoms with E-state index in [4.69, 9.17) is 17.3 Å². The van der Waals surface area contributed by atoms with Crippen molar-refractivity contribution < 1.29 is 0 Å². The average molecular weight is 161 g/mol. The molecule has 0 radical (unpaired) electrons. The maximum absolute atomic E-state index is 5.36. The Balaban J connectivity index is 3.96. The summed E-state index contributed by atoms with van der Waals surface area (Å²) in [4.78, 5) is 3.91.